The van der Waals surface area contributed by atoms with Gasteiger partial charge < -0.3 is 4.74 Å². The van der Waals surface area contributed by atoms with Crippen LogP contribution in [0, 0.1) is 0 Å². The first-order chi connectivity index (χ1) is 9.29. The number of aromatic nitrogens is 1. The summed E-state index contributed by atoms with van der Waals surface area (Å²) < 4.78 is 44.0. The molecule has 2 heterocycles. The maximum atomic E-state index is 13.6. The highest BCUT2D eigenvalue weighted by atomic mass is 19.4. The Morgan fingerprint density at radius 2 is 2.15 bits per heavy atom. The summed E-state index contributed by atoms with van der Waals surface area (Å²) in [7, 11) is 0. The number of pyridine rings is 1. The first kappa shape index (κ1) is 14.8. The average Bonchev–Trinajstić information content (AvgIpc) is 2.35. The van der Waals surface area contributed by atoms with Crippen molar-refractivity contribution >= 4 is 11.8 Å². The van der Waals surface area contributed by atoms with Crippen molar-refractivity contribution in [2.45, 2.75) is 39.1 Å². The van der Waals surface area contributed by atoms with E-state index in [1.807, 2.05) is 0 Å². The Labute approximate surface area is 114 Å². The standard InChI is InChI=1S/C13H16F3N2O2/c1-9(2)20-12(19)18(13(14,15)16)8-4-5-10-11(18)6-3-7-17-10/h3,6-7,9H,4-5,8H2,1-2H3/q+1. The summed E-state index contributed by atoms with van der Waals surface area (Å²) in [6.45, 7) is 2.70. The minimum absolute atomic E-state index is 0.128. The van der Waals surface area contributed by atoms with Gasteiger partial charge in [0.2, 0.25) is 0 Å². The summed E-state index contributed by atoms with van der Waals surface area (Å²) >= 11 is 0. The van der Waals surface area contributed by atoms with Crippen molar-refractivity contribution in [3.05, 3.63) is 24.0 Å². The monoisotopic (exact) mass is 289 g/mol. The lowest BCUT2D eigenvalue weighted by molar-refractivity contribution is -0.227. The van der Waals surface area contributed by atoms with Gasteiger partial charge in [0, 0.05) is 25.1 Å². The first-order valence-electron chi connectivity index (χ1n) is 6.39. The normalized spacial score (nSPS) is 22.5. The lowest BCUT2D eigenvalue weighted by Gasteiger charge is -2.37. The molecule has 1 atom stereocenters. The van der Waals surface area contributed by atoms with Gasteiger partial charge in [-0.25, -0.2) is 0 Å². The van der Waals surface area contributed by atoms with Crippen LogP contribution in [0.15, 0.2) is 18.3 Å². The van der Waals surface area contributed by atoms with Gasteiger partial charge in [0.25, 0.3) is 0 Å². The van der Waals surface area contributed by atoms with Crippen LogP contribution in [0.5, 0.6) is 0 Å². The number of hydrogen-bond acceptors (Lipinski definition) is 3. The topological polar surface area (TPSA) is 39.2 Å². The Bertz CT molecular complexity index is 517. The van der Waals surface area contributed by atoms with Crippen LogP contribution < -0.4 is 4.48 Å². The zero-order chi connectivity index (χ0) is 15.0. The van der Waals surface area contributed by atoms with Crippen LogP contribution >= 0.6 is 0 Å². The number of carbonyl (C=O) groups excluding carboxylic acids is 1. The second-order valence-electron chi connectivity index (χ2n) is 5.01. The van der Waals surface area contributed by atoms with Gasteiger partial charge in [0.05, 0.1) is 0 Å². The third kappa shape index (κ3) is 2.26. The van der Waals surface area contributed by atoms with Crippen molar-refractivity contribution in [1.82, 2.24) is 9.47 Å². The number of carbonyl (C=O) groups is 1. The third-order valence-electron chi connectivity index (χ3n) is 3.27. The second kappa shape index (κ2) is 5.05. The molecule has 0 fully saturated rings. The highest BCUT2D eigenvalue weighted by Crippen LogP contribution is 2.43. The average molecular weight is 289 g/mol. The Kier molecular flexibility index (Phi) is 3.73. The number of ether oxygens (including phenoxy) is 1. The van der Waals surface area contributed by atoms with Gasteiger partial charge in [-0.2, -0.15) is 4.79 Å². The van der Waals surface area contributed by atoms with E-state index in [0.29, 0.717) is 12.1 Å². The van der Waals surface area contributed by atoms with E-state index in [1.165, 1.54) is 32.2 Å². The molecule has 0 saturated carbocycles. The number of halogens is 3. The fraction of sp³-hybridized carbons (Fsp3) is 0.538. The van der Waals surface area contributed by atoms with Gasteiger partial charge in [0.15, 0.2) is 5.69 Å². The fourth-order valence-corrected chi connectivity index (χ4v) is 2.42. The predicted octanol–water partition coefficient (Wildman–Crippen LogP) is 3.40. The molecule has 2 rings (SSSR count). The zero-order valence-electron chi connectivity index (χ0n) is 11.3. The van der Waals surface area contributed by atoms with Crippen LogP contribution in [-0.2, 0) is 11.2 Å². The van der Waals surface area contributed by atoms with Gasteiger partial charge in [0.1, 0.15) is 18.3 Å². The Morgan fingerprint density at radius 1 is 1.45 bits per heavy atom. The smallest absolute Gasteiger partial charge is 0.417 e. The highest BCUT2D eigenvalue weighted by Gasteiger charge is 2.65. The molecule has 1 amide bonds. The SMILES string of the molecule is CC(C)OC(=O)[N+]1(C(F)(F)F)CCCc2ncccc21. The largest absolute Gasteiger partial charge is 0.576 e. The van der Waals surface area contributed by atoms with Crippen molar-refractivity contribution < 1.29 is 22.7 Å². The quantitative estimate of drug-likeness (QED) is 0.587. The van der Waals surface area contributed by atoms with Gasteiger partial charge in [-0.05, 0) is 19.9 Å². The number of fused-ring (bicyclic) bond motifs is 1. The number of aryl methyl sites for hydroxylation is 1. The van der Waals surface area contributed by atoms with E-state index in [0.717, 1.165) is 0 Å². The summed E-state index contributed by atoms with van der Waals surface area (Å²) in [6, 6.07) is 2.71. The van der Waals surface area contributed by atoms with E-state index in [9.17, 15) is 18.0 Å². The molecule has 0 radical (unpaired) electrons. The molecular formula is C13H16F3N2O2+. The highest BCUT2D eigenvalue weighted by molar-refractivity contribution is 5.84. The Balaban J connectivity index is 2.58. The molecule has 4 nitrogen and oxygen atoms in total. The van der Waals surface area contributed by atoms with Crippen LogP contribution in [0.25, 0.3) is 0 Å². The predicted molar refractivity (Wildman–Crippen MR) is 66.9 cm³/mol. The minimum Gasteiger partial charge on any atom is -0.417 e. The summed E-state index contributed by atoms with van der Waals surface area (Å²) in [6.07, 6.45) is -4.56. The van der Waals surface area contributed by atoms with Crippen LogP contribution in [-0.4, -0.2) is 30.0 Å². The molecule has 1 unspecified atom stereocenters. The third-order valence-corrected chi connectivity index (χ3v) is 3.27. The van der Waals surface area contributed by atoms with Gasteiger partial charge in [-0.1, -0.05) is 4.48 Å². The lowest BCUT2D eigenvalue weighted by Crippen LogP contribution is -2.65. The molecule has 0 saturated heterocycles. The number of quaternary nitrogens is 1. The number of alkyl halides is 3. The van der Waals surface area contributed by atoms with E-state index in [-0.39, 0.29) is 18.7 Å². The van der Waals surface area contributed by atoms with Crippen LogP contribution in [0.2, 0.25) is 0 Å². The molecule has 1 aromatic rings. The van der Waals surface area contributed by atoms with Gasteiger partial charge >= 0.3 is 12.4 Å². The maximum absolute atomic E-state index is 13.6. The van der Waals surface area contributed by atoms with E-state index < -0.39 is 23.0 Å². The van der Waals surface area contributed by atoms with Crippen LogP contribution in [0.1, 0.15) is 26.0 Å². The van der Waals surface area contributed by atoms with E-state index in [1.54, 1.807) is 0 Å². The number of hydrogen-bond donors (Lipinski definition) is 0. The number of rotatable bonds is 1. The molecule has 0 aromatic carbocycles. The Morgan fingerprint density at radius 3 is 2.75 bits per heavy atom. The van der Waals surface area contributed by atoms with Crippen molar-refractivity contribution in [1.29, 1.82) is 0 Å². The van der Waals surface area contributed by atoms with Crippen LogP contribution in [0.3, 0.4) is 0 Å². The van der Waals surface area contributed by atoms with E-state index in [4.69, 9.17) is 4.74 Å². The zero-order valence-corrected chi connectivity index (χ0v) is 11.3. The van der Waals surface area contributed by atoms with Gasteiger partial charge in [-0.3, -0.25) is 4.98 Å². The molecule has 7 heteroatoms. The van der Waals surface area contributed by atoms with E-state index in [2.05, 4.69) is 4.98 Å². The molecule has 0 bridgehead atoms. The van der Waals surface area contributed by atoms with Crippen molar-refractivity contribution in [2.75, 3.05) is 6.54 Å². The maximum Gasteiger partial charge on any atom is 0.576 e. The van der Waals surface area contributed by atoms with Crippen LogP contribution in [0.4, 0.5) is 23.7 Å². The van der Waals surface area contributed by atoms with Crippen molar-refractivity contribution in [3.8, 4) is 0 Å². The summed E-state index contributed by atoms with van der Waals surface area (Å²) in [5.74, 6) is 0. The molecular weight excluding hydrogens is 273 g/mol. The lowest BCUT2D eigenvalue weighted by atomic mass is 10.1. The van der Waals surface area contributed by atoms with Crippen molar-refractivity contribution in [3.63, 3.8) is 0 Å². The molecule has 1 aliphatic heterocycles. The molecule has 0 spiro atoms. The number of amides is 1. The molecule has 0 N–H and O–H groups in total. The van der Waals surface area contributed by atoms with E-state index >= 15 is 0 Å². The summed E-state index contributed by atoms with van der Waals surface area (Å²) in [5, 5.41) is 0. The fourth-order valence-electron chi connectivity index (χ4n) is 2.42. The molecule has 1 aliphatic rings. The summed E-state index contributed by atoms with van der Waals surface area (Å²) in [4.78, 5) is 16.1. The Hall–Kier alpha value is -1.63. The van der Waals surface area contributed by atoms with Crippen molar-refractivity contribution in [2.24, 2.45) is 0 Å². The minimum atomic E-state index is -4.76. The molecule has 110 valence electrons. The second-order valence-corrected chi connectivity index (χ2v) is 5.01. The van der Waals surface area contributed by atoms with Gasteiger partial charge in [-0.15, -0.1) is 13.2 Å². The summed E-state index contributed by atoms with van der Waals surface area (Å²) in [5.41, 5.74) is 0.175. The molecule has 1 aromatic heterocycles. The number of nitrogens with zero attached hydrogens (tertiary/aromatic N) is 2. The molecule has 0 aliphatic carbocycles. The first-order valence-corrected chi connectivity index (χ1v) is 6.39. The molecule has 20 heavy (non-hydrogen) atoms.